The molecule has 0 bridgehead atoms. The van der Waals surface area contributed by atoms with Crippen LogP contribution in [0.4, 0.5) is 5.69 Å². The number of carbonyl (C=O) groups is 1. The molecule has 2 aromatic rings. The van der Waals surface area contributed by atoms with E-state index in [9.17, 15) is 4.79 Å². The van der Waals surface area contributed by atoms with E-state index >= 15 is 0 Å². The van der Waals surface area contributed by atoms with Gasteiger partial charge in [0.2, 0.25) is 5.91 Å². The Morgan fingerprint density at radius 1 is 1.37 bits per heavy atom. The third-order valence-electron chi connectivity index (χ3n) is 2.87. The van der Waals surface area contributed by atoms with Crippen LogP contribution in [0.3, 0.4) is 0 Å². The van der Waals surface area contributed by atoms with Crippen molar-refractivity contribution < 1.29 is 4.79 Å². The minimum Gasteiger partial charge on any atom is -0.325 e. The Balaban J connectivity index is 2.09. The fourth-order valence-corrected chi connectivity index (χ4v) is 2.59. The summed E-state index contributed by atoms with van der Waals surface area (Å²) in [6.07, 6.45) is 1.61. The zero-order valence-electron chi connectivity index (χ0n) is 10.9. The second-order valence-corrected chi connectivity index (χ2v) is 5.39. The Hall–Kier alpha value is -1.65. The first kappa shape index (κ1) is 13.8. The van der Waals surface area contributed by atoms with Crippen molar-refractivity contribution in [2.75, 3.05) is 5.32 Å². The van der Waals surface area contributed by atoms with E-state index in [1.54, 1.807) is 11.3 Å². The molecule has 0 spiro atoms. The number of rotatable bonds is 5. The molecule has 1 aromatic carbocycles. The molecular weight excluding hydrogens is 256 g/mol. The van der Waals surface area contributed by atoms with E-state index in [0.717, 1.165) is 17.7 Å². The standard InChI is InChI=1S/C15H18N2OS/c1-2-5-13(16)15(18)17-12-7-3-6-11(10-12)14-8-4-9-19-14/h3-4,6-10,13H,2,5,16H2,1H3,(H,17,18). The van der Waals surface area contributed by atoms with Crippen molar-refractivity contribution in [1.82, 2.24) is 0 Å². The topological polar surface area (TPSA) is 55.1 Å². The van der Waals surface area contributed by atoms with Crippen molar-refractivity contribution in [1.29, 1.82) is 0 Å². The van der Waals surface area contributed by atoms with Gasteiger partial charge in [-0.2, -0.15) is 0 Å². The van der Waals surface area contributed by atoms with Crippen LogP contribution in [-0.4, -0.2) is 11.9 Å². The molecule has 0 aliphatic heterocycles. The van der Waals surface area contributed by atoms with E-state index in [0.29, 0.717) is 6.42 Å². The minimum absolute atomic E-state index is 0.120. The first-order valence-corrected chi connectivity index (χ1v) is 7.29. The predicted molar refractivity (Wildman–Crippen MR) is 81.3 cm³/mol. The molecule has 1 atom stereocenters. The quantitative estimate of drug-likeness (QED) is 0.877. The van der Waals surface area contributed by atoms with Crippen LogP contribution in [0, 0.1) is 0 Å². The van der Waals surface area contributed by atoms with Gasteiger partial charge >= 0.3 is 0 Å². The number of amides is 1. The first-order chi connectivity index (χ1) is 9.20. The summed E-state index contributed by atoms with van der Waals surface area (Å²) in [5.74, 6) is -0.120. The molecule has 0 saturated heterocycles. The minimum atomic E-state index is -0.435. The Morgan fingerprint density at radius 3 is 2.89 bits per heavy atom. The maximum atomic E-state index is 11.9. The highest BCUT2D eigenvalue weighted by Crippen LogP contribution is 2.26. The number of anilines is 1. The van der Waals surface area contributed by atoms with Crippen LogP contribution < -0.4 is 11.1 Å². The molecule has 0 aliphatic carbocycles. The van der Waals surface area contributed by atoms with Gasteiger partial charge in [0, 0.05) is 10.6 Å². The lowest BCUT2D eigenvalue weighted by atomic mass is 10.1. The average molecular weight is 274 g/mol. The van der Waals surface area contributed by atoms with Gasteiger partial charge in [-0.15, -0.1) is 11.3 Å². The molecule has 1 unspecified atom stereocenters. The highest BCUT2D eigenvalue weighted by Gasteiger charge is 2.12. The van der Waals surface area contributed by atoms with Crippen LogP contribution in [0.15, 0.2) is 41.8 Å². The number of thiophene rings is 1. The van der Waals surface area contributed by atoms with Gasteiger partial charge in [-0.3, -0.25) is 4.79 Å². The van der Waals surface area contributed by atoms with Crippen molar-refractivity contribution in [2.24, 2.45) is 5.73 Å². The largest absolute Gasteiger partial charge is 0.325 e. The molecule has 19 heavy (non-hydrogen) atoms. The van der Waals surface area contributed by atoms with Crippen LogP contribution in [-0.2, 0) is 4.79 Å². The number of nitrogens with two attached hydrogens (primary N) is 1. The SMILES string of the molecule is CCCC(N)C(=O)Nc1cccc(-c2cccs2)c1. The summed E-state index contributed by atoms with van der Waals surface area (Å²) in [6.45, 7) is 2.02. The summed E-state index contributed by atoms with van der Waals surface area (Å²) in [5.41, 5.74) is 7.70. The van der Waals surface area contributed by atoms with Crippen molar-refractivity contribution in [3.63, 3.8) is 0 Å². The maximum absolute atomic E-state index is 11.9. The van der Waals surface area contributed by atoms with Gasteiger partial charge in [-0.25, -0.2) is 0 Å². The van der Waals surface area contributed by atoms with E-state index in [2.05, 4.69) is 11.4 Å². The molecule has 1 aromatic heterocycles. The van der Waals surface area contributed by atoms with Crippen LogP contribution in [0.25, 0.3) is 10.4 Å². The molecule has 3 nitrogen and oxygen atoms in total. The van der Waals surface area contributed by atoms with Gasteiger partial charge in [0.15, 0.2) is 0 Å². The summed E-state index contributed by atoms with van der Waals surface area (Å²) < 4.78 is 0. The molecule has 2 rings (SSSR count). The summed E-state index contributed by atoms with van der Waals surface area (Å²) in [5, 5.41) is 4.91. The Kier molecular flexibility index (Phi) is 4.71. The lowest BCUT2D eigenvalue weighted by molar-refractivity contribution is -0.117. The van der Waals surface area contributed by atoms with Gasteiger partial charge in [0.1, 0.15) is 0 Å². The Morgan fingerprint density at radius 2 is 2.21 bits per heavy atom. The molecule has 0 saturated carbocycles. The van der Waals surface area contributed by atoms with E-state index in [4.69, 9.17) is 5.73 Å². The molecule has 1 amide bonds. The lowest BCUT2D eigenvalue weighted by Gasteiger charge is -2.11. The highest BCUT2D eigenvalue weighted by atomic mass is 32.1. The van der Waals surface area contributed by atoms with Gasteiger partial charge < -0.3 is 11.1 Å². The number of benzene rings is 1. The van der Waals surface area contributed by atoms with Crippen molar-refractivity contribution in [3.8, 4) is 10.4 Å². The lowest BCUT2D eigenvalue weighted by Crippen LogP contribution is -2.35. The number of hydrogen-bond acceptors (Lipinski definition) is 3. The molecule has 0 aliphatic rings. The zero-order chi connectivity index (χ0) is 13.7. The third kappa shape index (κ3) is 3.66. The summed E-state index contributed by atoms with van der Waals surface area (Å²) >= 11 is 1.68. The second kappa shape index (κ2) is 6.50. The summed E-state index contributed by atoms with van der Waals surface area (Å²) in [7, 11) is 0. The van der Waals surface area contributed by atoms with Gasteiger partial charge in [0.05, 0.1) is 6.04 Å². The van der Waals surface area contributed by atoms with Crippen LogP contribution in [0.5, 0.6) is 0 Å². The number of hydrogen-bond donors (Lipinski definition) is 2. The molecule has 100 valence electrons. The summed E-state index contributed by atoms with van der Waals surface area (Å²) in [6, 6.07) is 11.5. The van der Waals surface area contributed by atoms with Crippen LogP contribution in [0.1, 0.15) is 19.8 Å². The fourth-order valence-electron chi connectivity index (χ4n) is 1.87. The normalized spacial score (nSPS) is 12.1. The van der Waals surface area contributed by atoms with Crippen molar-refractivity contribution in [2.45, 2.75) is 25.8 Å². The maximum Gasteiger partial charge on any atom is 0.241 e. The second-order valence-electron chi connectivity index (χ2n) is 4.44. The molecule has 4 heteroatoms. The number of carbonyl (C=O) groups excluding carboxylic acids is 1. The average Bonchev–Trinajstić information content (AvgIpc) is 2.93. The van der Waals surface area contributed by atoms with Crippen molar-refractivity contribution in [3.05, 3.63) is 41.8 Å². The molecular formula is C15H18N2OS. The molecule has 0 fully saturated rings. The number of nitrogens with one attached hydrogen (secondary N) is 1. The van der Waals surface area contributed by atoms with Gasteiger partial charge in [0.25, 0.3) is 0 Å². The zero-order valence-corrected chi connectivity index (χ0v) is 11.7. The Bertz CT molecular complexity index is 537. The third-order valence-corrected chi connectivity index (χ3v) is 3.79. The first-order valence-electron chi connectivity index (χ1n) is 6.41. The fraction of sp³-hybridized carbons (Fsp3) is 0.267. The highest BCUT2D eigenvalue weighted by molar-refractivity contribution is 7.13. The van der Waals surface area contributed by atoms with Crippen LogP contribution >= 0.6 is 11.3 Å². The van der Waals surface area contributed by atoms with E-state index in [1.165, 1.54) is 4.88 Å². The van der Waals surface area contributed by atoms with E-state index in [1.807, 2.05) is 42.6 Å². The predicted octanol–water partition coefficient (Wildman–Crippen LogP) is 3.48. The van der Waals surface area contributed by atoms with Crippen molar-refractivity contribution >= 4 is 22.9 Å². The molecule has 3 N–H and O–H groups in total. The smallest absolute Gasteiger partial charge is 0.241 e. The van der Waals surface area contributed by atoms with E-state index < -0.39 is 6.04 Å². The molecule has 0 radical (unpaired) electrons. The van der Waals surface area contributed by atoms with Gasteiger partial charge in [-0.05, 0) is 35.6 Å². The monoisotopic (exact) mass is 274 g/mol. The van der Waals surface area contributed by atoms with Crippen LogP contribution in [0.2, 0.25) is 0 Å². The van der Waals surface area contributed by atoms with E-state index in [-0.39, 0.29) is 5.91 Å². The summed E-state index contributed by atoms with van der Waals surface area (Å²) in [4.78, 5) is 13.1. The Labute approximate surface area is 117 Å². The van der Waals surface area contributed by atoms with Gasteiger partial charge in [-0.1, -0.05) is 31.5 Å². The molecule has 1 heterocycles.